The van der Waals surface area contributed by atoms with Crippen molar-refractivity contribution in [1.82, 2.24) is 15.0 Å². The first-order chi connectivity index (χ1) is 10.6. The minimum atomic E-state index is 0.0822. The third kappa shape index (κ3) is 4.31. The average molecular weight is 302 g/mol. The molecule has 1 aromatic carbocycles. The van der Waals surface area contributed by atoms with Crippen LogP contribution in [0.4, 0.5) is 5.69 Å². The van der Waals surface area contributed by atoms with Gasteiger partial charge >= 0.3 is 0 Å². The van der Waals surface area contributed by atoms with Crippen molar-refractivity contribution in [3.8, 4) is 0 Å². The predicted octanol–water partition coefficient (Wildman–Crippen LogP) is 2.61. The van der Waals surface area contributed by atoms with Crippen LogP contribution in [-0.2, 0) is 24.3 Å². The second-order valence-electron chi connectivity index (χ2n) is 5.05. The lowest BCUT2D eigenvalue weighted by atomic mass is 10.2. The molecule has 118 valence electrons. The zero-order valence-electron chi connectivity index (χ0n) is 13.3. The Hall–Kier alpha value is -2.37. The summed E-state index contributed by atoms with van der Waals surface area (Å²) in [5.74, 6) is 1.37. The van der Waals surface area contributed by atoms with Crippen LogP contribution in [0.5, 0.6) is 0 Å². The van der Waals surface area contributed by atoms with Gasteiger partial charge in [0.15, 0.2) is 5.82 Å². The van der Waals surface area contributed by atoms with Gasteiger partial charge in [0.1, 0.15) is 0 Å². The first kappa shape index (κ1) is 16.0. The molecule has 0 aliphatic rings. The Morgan fingerprint density at radius 2 is 2.18 bits per heavy atom. The summed E-state index contributed by atoms with van der Waals surface area (Å²) >= 11 is 0. The largest absolute Gasteiger partial charge is 0.376 e. The van der Waals surface area contributed by atoms with Gasteiger partial charge in [-0.3, -0.25) is 4.79 Å². The van der Waals surface area contributed by atoms with Crippen molar-refractivity contribution in [2.45, 2.75) is 40.3 Å². The number of carbonyl (C=O) groups excluding carboxylic acids is 1. The highest BCUT2D eigenvalue weighted by molar-refractivity contribution is 5.73. The zero-order chi connectivity index (χ0) is 15.9. The van der Waals surface area contributed by atoms with Crippen molar-refractivity contribution in [2.75, 3.05) is 11.9 Å². The van der Waals surface area contributed by atoms with Gasteiger partial charge in [-0.15, -0.1) is 0 Å². The maximum Gasteiger partial charge on any atom is 0.245 e. The molecule has 0 bridgehead atoms. The molecule has 6 nitrogen and oxygen atoms in total. The van der Waals surface area contributed by atoms with Crippen molar-refractivity contribution in [3.05, 3.63) is 41.5 Å². The molecule has 0 saturated carbocycles. The van der Waals surface area contributed by atoms with E-state index in [-0.39, 0.29) is 5.91 Å². The van der Waals surface area contributed by atoms with Gasteiger partial charge in [-0.1, -0.05) is 24.2 Å². The summed E-state index contributed by atoms with van der Waals surface area (Å²) < 4.78 is 5.14. The molecule has 0 saturated heterocycles. The second kappa shape index (κ2) is 7.59. The van der Waals surface area contributed by atoms with E-state index in [4.69, 9.17) is 4.52 Å². The lowest BCUT2D eigenvalue weighted by Crippen LogP contribution is -2.27. The molecular formula is C16H22N4O2. The molecule has 0 spiro atoms. The molecule has 2 aromatic rings. The maximum atomic E-state index is 11.5. The number of hydrogen-bond donors (Lipinski definition) is 1. The Kier molecular flexibility index (Phi) is 5.52. The summed E-state index contributed by atoms with van der Waals surface area (Å²) in [6, 6.07) is 7.99. The fourth-order valence-electron chi connectivity index (χ4n) is 2.13. The van der Waals surface area contributed by atoms with Gasteiger partial charge in [0.25, 0.3) is 0 Å². The van der Waals surface area contributed by atoms with Crippen LogP contribution in [0.15, 0.2) is 28.8 Å². The zero-order valence-corrected chi connectivity index (χ0v) is 13.3. The van der Waals surface area contributed by atoms with Gasteiger partial charge in [0, 0.05) is 32.1 Å². The van der Waals surface area contributed by atoms with E-state index >= 15 is 0 Å². The number of amides is 1. The molecule has 1 aromatic heterocycles. The molecule has 22 heavy (non-hydrogen) atoms. The van der Waals surface area contributed by atoms with E-state index in [0.717, 1.165) is 17.7 Å². The van der Waals surface area contributed by atoms with E-state index in [1.807, 2.05) is 38.1 Å². The highest BCUT2D eigenvalue weighted by atomic mass is 16.5. The number of nitrogens with one attached hydrogen (secondary N) is 1. The molecule has 1 N–H and O–H groups in total. The van der Waals surface area contributed by atoms with Crippen LogP contribution >= 0.6 is 0 Å². The number of hydrogen-bond acceptors (Lipinski definition) is 5. The van der Waals surface area contributed by atoms with Crippen LogP contribution < -0.4 is 5.32 Å². The smallest absolute Gasteiger partial charge is 0.245 e. The van der Waals surface area contributed by atoms with E-state index in [1.54, 1.807) is 11.8 Å². The van der Waals surface area contributed by atoms with Crippen molar-refractivity contribution >= 4 is 11.6 Å². The third-order valence-corrected chi connectivity index (χ3v) is 3.40. The quantitative estimate of drug-likeness (QED) is 0.851. The fourth-order valence-corrected chi connectivity index (χ4v) is 2.13. The molecule has 0 aliphatic heterocycles. The average Bonchev–Trinajstić information content (AvgIpc) is 2.99. The number of rotatable bonds is 7. The Labute approximate surface area is 130 Å². The highest BCUT2D eigenvalue weighted by Gasteiger charge is 2.08. The number of benzene rings is 1. The molecule has 1 heterocycles. The van der Waals surface area contributed by atoms with Crippen LogP contribution in [-0.4, -0.2) is 27.5 Å². The number of aryl methyl sites for hydroxylation is 1. The Morgan fingerprint density at radius 3 is 2.82 bits per heavy atom. The third-order valence-electron chi connectivity index (χ3n) is 3.40. The minimum Gasteiger partial charge on any atom is -0.376 e. The number of anilines is 1. The molecule has 0 fully saturated rings. The summed E-state index contributed by atoms with van der Waals surface area (Å²) in [6.07, 6.45) is 0.761. The summed E-state index contributed by atoms with van der Waals surface area (Å²) in [4.78, 5) is 17.5. The van der Waals surface area contributed by atoms with E-state index in [9.17, 15) is 4.79 Å². The minimum absolute atomic E-state index is 0.0822. The predicted molar refractivity (Wildman–Crippen MR) is 84.2 cm³/mol. The van der Waals surface area contributed by atoms with Gasteiger partial charge in [-0.25, -0.2) is 0 Å². The van der Waals surface area contributed by atoms with Crippen LogP contribution in [0.2, 0.25) is 0 Å². The molecule has 2 rings (SSSR count). The van der Waals surface area contributed by atoms with E-state index < -0.39 is 0 Å². The SMILES string of the molecule is CCc1noc(CNc2cccc(CN(CC)C(C)=O)c2)n1. The van der Waals surface area contributed by atoms with Crippen LogP contribution in [0.25, 0.3) is 0 Å². The Morgan fingerprint density at radius 1 is 1.36 bits per heavy atom. The molecular weight excluding hydrogens is 280 g/mol. The van der Waals surface area contributed by atoms with Crippen LogP contribution in [0.3, 0.4) is 0 Å². The number of nitrogens with zero attached hydrogens (tertiary/aromatic N) is 3. The van der Waals surface area contributed by atoms with Gasteiger partial charge in [-0.2, -0.15) is 4.98 Å². The van der Waals surface area contributed by atoms with E-state index in [1.165, 1.54) is 0 Å². The van der Waals surface area contributed by atoms with Gasteiger partial charge in [-0.05, 0) is 24.6 Å². The second-order valence-corrected chi connectivity index (χ2v) is 5.05. The first-order valence-electron chi connectivity index (χ1n) is 7.52. The molecule has 1 amide bonds. The van der Waals surface area contributed by atoms with Crippen LogP contribution in [0.1, 0.15) is 38.0 Å². The topological polar surface area (TPSA) is 71.3 Å². The Balaban J connectivity index is 1.97. The molecule has 0 radical (unpaired) electrons. The lowest BCUT2D eigenvalue weighted by molar-refractivity contribution is -0.129. The molecule has 0 atom stereocenters. The summed E-state index contributed by atoms with van der Waals surface area (Å²) in [5, 5.41) is 7.12. The van der Waals surface area contributed by atoms with Crippen LogP contribution in [0, 0.1) is 0 Å². The molecule has 0 unspecified atom stereocenters. The molecule has 6 heteroatoms. The van der Waals surface area contributed by atoms with Gasteiger partial charge in [0.05, 0.1) is 6.54 Å². The summed E-state index contributed by atoms with van der Waals surface area (Å²) in [7, 11) is 0. The highest BCUT2D eigenvalue weighted by Crippen LogP contribution is 2.14. The Bertz CT molecular complexity index is 624. The first-order valence-corrected chi connectivity index (χ1v) is 7.52. The van der Waals surface area contributed by atoms with Crippen molar-refractivity contribution in [3.63, 3.8) is 0 Å². The monoisotopic (exact) mass is 302 g/mol. The summed E-state index contributed by atoms with van der Waals surface area (Å²) in [5.41, 5.74) is 2.05. The maximum absolute atomic E-state index is 11.5. The van der Waals surface area contributed by atoms with Crippen molar-refractivity contribution in [2.24, 2.45) is 0 Å². The summed E-state index contributed by atoms with van der Waals surface area (Å²) in [6.45, 7) is 7.36. The molecule has 0 aliphatic carbocycles. The number of aromatic nitrogens is 2. The standard InChI is InChI=1S/C16H22N4O2/c1-4-15-18-16(22-19-15)10-17-14-8-6-7-13(9-14)11-20(5-2)12(3)21/h6-9,17H,4-5,10-11H2,1-3H3. The fraction of sp³-hybridized carbons (Fsp3) is 0.438. The normalized spacial score (nSPS) is 10.5. The van der Waals surface area contributed by atoms with E-state index in [0.29, 0.717) is 31.3 Å². The lowest BCUT2D eigenvalue weighted by Gasteiger charge is -2.19. The van der Waals surface area contributed by atoms with Gasteiger partial charge in [0.2, 0.25) is 11.8 Å². The van der Waals surface area contributed by atoms with Gasteiger partial charge < -0.3 is 14.7 Å². The van der Waals surface area contributed by atoms with Crippen molar-refractivity contribution < 1.29 is 9.32 Å². The number of carbonyl (C=O) groups is 1. The van der Waals surface area contributed by atoms with Crippen molar-refractivity contribution in [1.29, 1.82) is 0 Å². The van der Waals surface area contributed by atoms with E-state index in [2.05, 4.69) is 15.5 Å².